The monoisotopic (exact) mass is 253 g/mol. The molecule has 18 heavy (non-hydrogen) atoms. The molecule has 0 aromatic rings. The highest BCUT2D eigenvalue weighted by molar-refractivity contribution is 5.78. The molecule has 0 aromatic heterocycles. The highest BCUT2D eigenvalue weighted by atomic mass is 16.2. The number of piperazine rings is 1. The smallest absolute Gasteiger partial charge is 0.236 e. The largest absolute Gasteiger partial charge is 0.339 e. The van der Waals surface area contributed by atoms with Crippen molar-refractivity contribution in [1.82, 2.24) is 15.1 Å². The lowest BCUT2D eigenvalue weighted by Gasteiger charge is -2.32. The lowest BCUT2D eigenvalue weighted by atomic mass is 9.92. The van der Waals surface area contributed by atoms with Crippen LogP contribution in [0.5, 0.6) is 0 Å². The van der Waals surface area contributed by atoms with Crippen molar-refractivity contribution in [2.45, 2.75) is 26.7 Å². The molecule has 2 rings (SSSR count). The number of nitrogens with one attached hydrogen (secondary N) is 1. The van der Waals surface area contributed by atoms with Gasteiger partial charge in [0.2, 0.25) is 5.91 Å². The second-order valence-corrected chi connectivity index (χ2v) is 6.30. The van der Waals surface area contributed by atoms with Crippen LogP contribution in [-0.2, 0) is 4.79 Å². The van der Waals surface area contributed by atoms with Gasteiger partial charge in [0.1, 0.15) is 0 Å². The van der Waals surface area contributed by atoms with Crippen molar-refractivity contribution in [3.05, 3.63) is 0 Å². The SMILES string of the molecule is CC(C)C1(CNCC(=O)N2CCN(C)CC2)CC1. The number of likely N-dealkylation sites (N-methyl/N-ethyl adjacent to an activating group) is 1. The minimum Gasteiger partial charge on any atom is -0.339 e. The first kappa shape index (κ1) is 13.8. The fourth-order valence-electron chi connectivity index (χ4n) is 2.70. The maximum absolute atomic E-state index is 12.0. The molecule has 1 aliphatic heterocycles. The van der Waals surface area contributed by atoms with Crippen LogP contribution in [0.2, 0.25) is 0 Å². The van der Waals surface area contributed by atoms with Gasteiger partial charge in [-0.15, -0.1) is 0 Å². The van der Waals surface area contributed by atoms with Crippen molar-refractivity contribution in [1.29, 1.82) is 0 Å². The zero-order valence-corrected chi connectivity index (χ0v) is 12.0. The predicted octanol–water partition coefficient (Wildman–Crippen LogP) is 0.786. The molecule has 1 saturated carbocycles. The van der Waals surface area contributed by atoms with E-state index in [0.29, 0.717) is 12.0 Å². The maximum atomic E-state index is 12.0. The molecule has 104 valence electrons. The number of carbonyl (C=O) groups is 1. The summed E-state index contributed by atoms with van der Waals surface area (Å²) in [5, 5.41) is 3.37. The van der Waals surface area contributed by atoms with Gasteiger partial charge in [-0.05, 0) is 31.2 Å². The Morgan fingerprint density at radius 3 is 2.33 bits per heavy atom. The van der Waals surface area contributed by atoms with Gasteiger partial charge < -0.3 is 15.1 Å². The first-order valence-corrected chi connectivity index (χ1v) is 7.20. The van der Waals surface area contributed by atoms with E-state index in [1.807, 2.05) is 4.90 Å². The number of carbonyl (C=O) groups excluding carboxylic acids is 1. The normalized spacial score (nSPS) is 23.4. The van der Waals surface area contributed by atoms with Crippen molar-refractivity contribution in [3.8, 4) is 0 Å². The molecule has 2 aliphatic rings. The standard InChI is InChI=1S/C14H27N3O/c1-12(2)14(4-5-14)11-15-10-13(18)17-8-6-16(3)7-9-17/h12,15H,4-11H2,1-3H3. The second-order valence-electron chi connectivity index (χ2n) is 6.30. The van der Waals surface area contributed by atoms with Gasteiger partial charge in [-0.2, -0.15) is 0 Å². The molecule has 0 radical (unpaired) electrons. The van der Waals surface area contributed by atoms with Gasteiger partial charge in [0.05, 0.1) is 6.54 Å². The lowest BCUT2D eigenvalue weighted by molar-refractivity contribution is -0.131. The summed E-state index contributed by atoms with van der Waals surface area (Å²) in [7, 11) is 2.11. The van der Waals surface area contributed by atoms with Crippen molar-refractivity contribution in [3.63, 3.8) is 0 Å². The van der Waals surface area contributed by atoms with Crippen LogP contribution in [-0.4, -0.2) is 62.0 Å². The zero-order chi connectivity index (χ0) is 13.2. The van der Waals surface area contributed by atoms with Crippen LogP contribution in [0, 0.1) is 11.3 Å². The third kappa shape index (κ3) is 3.23. The Labute approximate surface area is 111 Å². The van der Waals surface area contributed by atoms with E-state index in [1.165, 1.54) is 12.8 Å². The first-order chi connectivity index (χ1) is 8.53. The van der Waals surface area contributed by atoms with Crippen LogP contribution in [0.15, 0.2) is 0 Å². The Morgan fingerprint density at radius 2 is 1.83 bits per heavy atom. The molecule has 2 fully saturated rings. The Bertz CT molecular complexity index is 291. The summed E-state index contributed by atoms with van der Waals surface area (Å²) < 4.78 is 0. The van der Waals surface area contributed by atoms with E-state index in [1.54, 1.807) is 0 Å². The summed E-state index contributed by atoms with van der Waals surface area (Å²) in [6.45, 7) is 9.86. The molecule has 1 N–H and O–H groups in total. The Balaban J connectivity index is 1.66. The van der Waals surface area contributed by atoms with Crippen molar-refractivity contribution >= 4 is 5.91 Å². The van der Waals surface area contributed by atoms with Gasteiger partial charge in [-0.3, -0.25) is 4.79 Å². The maximum Gasteiger partial charge on any atom is 0.236 e. The fourth-order valence-corrected chi connectivity index (χ4v) is 2.70. The van der Waals surface area contributed by atoms with E-state index >= 15 is 0 Å². The average Bonchev–Trinajstić information content (AvgIpc) is 3.11. The molecule has 1 heterocycles. The third-order valence-corrected chi connectivity index (χ3v) is 4.73. The summed E-state index contributed by atoms with van der Waals surface area (Å²) in [5.41, 5.74) is 0.488. The third-order valence-electron chi connectivity index (χ3n) is 4.73. The quantitative estimate of drug-likeness (QED) is 0.787. The molecule has 1 amide bonds. The number of nitrogens with zero attached hydrogens (tertiary/aromatic N) is 2. The van der Waals surface area contributed by atoms with Crippen molar-refractivity contribution in [2.24, 2.45) is 11.3 Å². The van der Waals surface area contributed by atoms with E-state index < -0.39 is 0 Å². The van der Waals surface area contributed by atoms with E-state index in [-0.39, 0.29) is 5.91 Å². The van der Waals surface area contributed by atoms with Crippen LogP contribution in [0.4, 0.5) is 0 Å². The Morgan fingerprint density at radius 1 is 1.22 bits per heavy atom. The van der Waals surface area contributed by atoms with Crippen LogP contribution >= 0.6 is 0 Å². The van der Waals surface area contributed by atoms with E-state index in [9.17, 15) is 4.79 Å². The Kier molecular flexibility index (Phi) is 4.28. The molecule has 0 atom stereocenters. The second kappa shape index (κ2) is 5.57. The molecule has 0 spiro atoms. The average molecular weight is 253 g/mol. The number of hydrogen-bond acceptors (Lipinski definition) is 3. The summed E-state index contributed by atoms with van der Waals surface area (Å²) in [6, 6.07) is 0. The predicted molar refractivity (Wildman–Crippen MR) is 73.5 cm³/mol. The van der Waals surface area contributed by atoms with Crippen molar-refractivity contribution < 1.29 is 4.79 Å². The van der Waals surface area contributed by atoms with E-state index in [0.717, 1.165) is 38.6 Å². The summed E-state index contributed by atoms with van der Waals surface area (Å²) in [5.74, 6) is 0.992. The summed E-state index contributed by atoms with van der Waals surface area (Å²) >= 11 is 0. The highest BCUT2D eigenvalue weighted by Gasteiger charge is 2.44. The van der Waals surface area contributed by atoms with Gasteiger partial charge in [0, 0.05) is 32.7 Å². The minimum absolute atomic E-state index is 0.266. The van der Waals surface area contributed by atoms with Crippen molar-refractivity contribution in [2.75, 3.05) is 46.3 Å². The van der Waals surface area contributed by atoms with Gasteiger partial charge in [0.15, 0.2) is 0 Å². The summed E-state index contributed by atoms with van der Waals surface area (Å²) in [6.07, 6.45) is 2.64. The Hall–Kier alpha value is -0.610. The number of hydrogen-bond donors (Lipinski definition) is 1. The molecule has 0 unspecified atom stereocenters. The van der Waals surface area contributed by atoms with E-state index in [2.05, 4.69) is 31.1 Å². The van der Waals surface area contributed by atoms with E-state index in [4.69, 9.17) is 0 Å². The van der Waals surface area contributed by atoms with Gasteiger partial charge in [-0.25, -0.2) is 0 Å². The molecule has 4 heteroatoms. The summed E-state index contributed by atoms with van der Waals surface area (Å²) in [4.78, 5) is 16.3. The fraction of sp³-hybridized carbons (Fsp3) is 0.929. The number of rotatable bonds is 5. The van der Waals surface area contributed by atoms with Crippen LogP contribution in [0.3, 0.4) is 0 Å². The molecule has 0 aromatic carbocycles. The molecule has 4 nitrogen and oxygen atoms in total. The number of amides is 1. The van der Waals surface area contributed by atoms with Gasteiger partial charge >= 0.3 is 0 Å². The minimum atomic E-state index is 0.266. The molecule has 0 bridgehead atoms. The molecule has 1 saturated heterocycles. The highest BCUT2D eigenvalue weighted by Crippen LogP contribution is 2.51. The molecular weight excluding hydrogens is 226 g/mol. The topological polar surface area (TPSA) is 35.6 Å². The van der Waals surface area contributed by atoms with Gasteiger partial charge in [0.25, 0.3) is 0 Å². The van der Waals surface area contributed by atoms with Crippen LogP contribution in [0.1, 0.15) is 26.7 Å². The zero-order valence-electron chi connectivity index (χ0n) is 12.0. The lowest BCUT2D eigenvalue weighted by Crippen LogP contribution is -2.50. The first-order valence-electron chi connectivity index (χ1n) is 7.20. The van der Waals surface area contributed by atoms with Crippen LogP contribution < -0.4 is 5.32 Å². The molecular formula is C14H27N3O. The van der Waals surface area contributed by atoms with Gasteiger partial charge in [-0.1, -0.05) is 13.8 Å². The molecule has 1 aliphatic carbocycles. The van der Waals surface area contributed by atoms with Crippen LogP contribution in [0.25, 0.3) is 0 Å².